The summed E-state index contributed by atoms with van der Waals surface area (Å²) in [7, 11) is 3.13. The van der Waals surface area contributed by atoms with Gasteiger partial charge in [-0.3, -0.25) is 9.59 Å². The molecule has 4 fully saturated rings. The highest BCUT2D eigenvalue weighted by Crippen LogP contribution is 2.31. The van der Waals surface area contributed by atoms with Crippen molar-refractivity contribution in [2.24, 2.45) is 0 Å². The van der Waals surface area contributed by atoms with Gasteiger partial charge in [0.25, 0.3) is 8.89 Å². The highest BCUT2D eigenvalue weighted by molar-refractivity contribution is 8.89. The topological polar surface area (TPSA) is 53.6 Å². The van der Waals surface area contributed by atoms with Crippen LogP contribution in [0.3, 0.4) is 0 Å². The number of carbonyl (C=O) groups is 2. The molecule has 0 saturated carbocycles. The second kappa shape index (κ2) is 20.3. The molecule has 0 bridgehead atoms. The first-order valence-electron chi connectivity index (χ1n) is 15.0. The van der Waals surface area contributed by atoms with E-state index in [1.807, 2.05) is 0 Å². The summed E-state index contributed by atoms with van der Waals surface area (Å²) >= 11 is 17.1. The van der Waals surface area contributed by atoms with Crippen molar-refractivity contribution in [3.63, 3.8) is 0 Å². The van der Waals surface area contributed by atoms with Crippen LogP contribution in [0.2, 0.25) is 0 Å². The molecule has 0 unspecified atom stereocenters. The minimum Gasteiger partial charge on any atom is -0.354 e. The van der Waals surface area contributed by atoms with E-state index in [0.717, 1.165) is 85.6 Å². The molecule has 8 nitrogen and oxygen atoms in total. The van der Waals surface area contributed by atoms with E-state index in [9.17, 15) is 9.59 Å². The Morgan fingerprint density at radius 1 is 0.500 bits per heavy atom. The fraction of sp³-hybridized carbons (Fsp3) is 0.846. The second-order valence-electron chi connectivity index (χ2n) is 10.7. The number of piperidine rings is 2. The first-order chi connectivity index (χ1) is 20.5. The van der Waals surface area contributed by atoms with Crippen LogP contribution in [0.1, 0.15) is 38.5 Å². The Hall–Kier alpha value is 1.06. The molecule has 0 aromatic rings. The van der Waals surface area contributed by atoms with Crippen molar-refractivity contribution in [3.05, 3.63) is 0 Å². The predicted octanol–water partition coefficient (Wildman–Crippen LogP) is 6.15. The summed E-state index contributed by atoms with van der Waals surface area (Å²) in [4.78, 5) is 34.3. The minimum atomic E-state index is 0.202. The average molecular weight is 729 g/mol. The Kier molecular flexibility index (Phi) is 17.4. The lowest BCUT2D eigenvalue weighted by atomic mass is 10.1. The molecular formula is C26H44N6O2S8. The highest BCUT2D eigenvalue weighted by atomic mass is 33.1. The lowest BCUT2D eigenvalue weighted by Crippen LogP contribution is -2.46. The monoisotopic (exact) mass is 728 g/mol. The Labute approximate surface area is 288 Å². The van der Waals surface area contributed by atoms with Crippen molar-refractivity contribution < 1.29 is 9.59 Å². The largest absolute Gasteiger partial charge is 0.354 e. The van der Waals surface area contributed by atoms with Gasteiger partial charge in [0, 0.05) is 101 Å². The van der Waals surface area contributed by atoms with Crippen molar-refractivity contribution in [1.29, 1.82) is 0 Å². The molecule has 4 saturated heterocycles. The number of rotatable bonds is 8. The summed E-state index contributed by atoms with van der Waals surface area (Å²) in [6.07, 6.45) is 7.86. The zero-order valence-corrected chi connectivity index (χ0v) is 30.9. The molecular weight excluding hydrogens is 685 g/mol. The van der Waals surface area contributed by atoms with Crippen LogP contribution in [0.25, 0.3) is 0 Å². The first kappa shape index (κ1) is 35.9. The summed E-state index contributed by atoms with van der Waals surface area (Å²) in [6, 6.07) is 0. The highest BCUT2D eigenvalue weighted by Gasteiger charge is 2.25. The van der Waals surface area contributed by atoms with Gasteiger partial charge in [-0.05, 0) is 73.5 Å². The minimum absolute atomic E-state index is 0.202. The van der Waals surface area contributed by atoms with Crippen LogP contribution in [0.15, 0.2) is 0 Å². The summed E-state index contributed by atoms with van der Waals surface area (Å²) in [5.74, 6) is 1.77. The van der Waals surface area contributed by atoms with E-state index < -0.39 is 0 Å². The van der Waals surface area contributed by atoms with E-state index in [1.165, 1.54) is 112 Å². The number of hydrogen-bond acceptors (Lipinski definition) is 14. The van der Waals surface area contributed by atoms with Gasteiger partial charge >= 0.3 is 0 Å². The number of piperazine rings is 2. The third-order valence-electron chi connectivity index (χ3n) is 7.74. The first-order valence-corrected chi connectivity index (χ1v) is 21.5. The van der Waals surface area contributed by atoms with Gasteiger partial charge < -0.3 is 19.6 Å². The molecule has 0 aromatic carbocycles. The van der Waals surface area contributed by atoms with E-state index in [2.05, 4.69) is 28.2 Å². The lowest BCUT2D eigenvalue weighted by molar-refractivity contribution is 0.242. The number of thiocarbonyl (C=S) groups is 2. The van der Waals surface area contributed by atoms with Gasteiger partial charge in [-0.1, -0.05) is 60.8 Å². The van der Waals surface area contributed by atoms with Crippen LogP contribution < -0.4 is 0 Å². The van der Waals surface area contributed by atoms with E-state index in [-0.39, 0.29) is 8.89 Å². The number of hydrogen-bond donors (Lipinski definition) is 0. The molecule has 0 amide bonds. The van der Waals surface area contributed by atoms with Gasteiger partial charge in [-0.2, -0.15) is 0 Å². The van der Waals surface area contributed by atoms with E-state index >= 15 is 0 Å². The SMILES string of the molecule is O=C(SCCN1CCCCC1)SN1CCN(C(=S)SSC(=S)N2CCN(SC(=O)SCCN3CCCCC3)CC2)CC1. The molecule has 4 rings (SSSR count). The van der Waals surface area contributed by atoms with Crippen LogP contribution in [0, 0.1) is 0 Å². The molecule has 42 heavy (non-hydrogen) atoms. The molecule has 0 radical (unpaired) electrons. The quantitative estimate of drug-likeness (QED) is 0.163. The molecule has 0 aliphatic carbocycles. The fourth-order valence-corrected chi connectivity index (χ4v) is 11.7. The van der Waals surface area contributed by atoms with E-state index in [1.54, 1.807) is 21.6 Å². The summed E-state index contributed by atoms with van der Waals surface area (Å²) < 4.78 is 6.47. The van der Waals surface area contributed by atoms with Crippen molar-refractivity contribution in [2.45, 2.75) is 38.5 Å². The van der Waals surface area contributed by atoms with Crippen LogP contribution >= 0.6 is 93.4 Å². The van der Waals surface area contributed by atoms with Gasteiger partial charge in [0.1, 0.15) is 8.64 Å². The number of nitrogens with zero attached hydrogens (tertiary/aromatic N) is 6. The van der Waals surface area contributed by atoms with Gasteiger partial charge in [-0.25, -0.2) is 8.61 Å². The predicted molar refractivity (Wildman–Crippen MR) is 198 cm³/mol. The Bertz CT molecular complexity index is 807. The Morgan fingerprint density at radius 2 is 0.857 bits per heavy atom. The summed E-state index contributed by atoms with van der Waals surface area (Å²) in [5.41, 5.74) is 0. The molecule has 238 valence electrons. The lowest BCUT2D eigenvalue weighted by Gasteiger charge is -2.35. The van der Waals surface area contributed by atoms with Crippen molar-refractivity contribution in [3.8, 4) is 0 Å². The molecule has 0 N–H and O–H groups in total. The van der Waals surface area contributed by atoms with Crippen molar-refractivity contribution in [2.75, 3.05) is 103 Å². The van der Waals surface area contributed by atoms with Gasteiger partial charge in [-0.15, -0.1) is 0 Å². The Morgan fingerprint density at radius 3 is 1.21 bits per heavy atom. The smallest absolute Gasteiger partial charge is 0.261 e. The molecule has 0 spiro atoms. The number of thioether (sulfide) groups is 2. The van der Waals surface area contributed by atoms with Crippen LogP contribution in [0.4, 0.5) is 9.59 Å². The zero-order chi connectivity index (χ0) is 29.6. The van der Waals surface area contributed by atoms with Crippen LogP contribution in [-0.2, 0) is 0 Å². The average Bonchev–Trinajstić information content (AvgIpc) is 3.01. The summed E-state index contributed by atoms with van der Waals surface area (Å²) in [6.45, 7) is 13.4. The van der Waals surface area contributed by atoms with Gasteiger partial charge in [0.15, 0.2) is 0 Å². The van der Waals surface area contributed by atoms with Gasteiger partial charge in [0.05, 0.1) is 0 Å². The standard InChI is InChI=1S/C26H44N6O2S8/c33-25(37-21-19-27-7-3-1-4-8-27)39-31-15-11-29(12-16-31)23(35)41-42-24(36)30-13-17-32(18-14-30)40-26(34)38-22-20-28-9-5-2-6-10-28/h1-22H2. The third kappa shape index (κ3) is 13.4. The molecule has 0 atom stereocenters. The van der Waals surface area contributed by atoms with Crippen LogP contribution in [0.5, 0.6) is 0 Å². The summed E-state index contributed by atoms with van der Waals surface area (Å²) in [5, 5.41) is 0. The molecule has 16 heteroatoms. The number of carbonyl (C=O) groups excluding carboxylic acids is 2. The van der Waals surface area contributed by atoms with Crippen molar-refractivity contribution >= 4 is 111 Å². The normalized spacial score (nSPS) is 21.9. The van der Waals surface area contributed by atoms with Crippen LogP contribution in [-0.4, -0.2) is 149 Å². The molecule has 4 heterocycles. The zero-order valence-electron chi connectivity index (χ0n) is 24.3. The molecule has 4 aliphatic heterocycles. The van der Waals surface area contributed by atoms with Crippen molar-refractivity contribution in [1.82, 2.24) is 28.2 Å². The Balaban J connectivity index is 1.01. The number of likely N-dealkylation sites (tertiary alicyclic amines) is 2. The van der Waals surface area contributed by atoms with E-state index in [0.29, 0.717) is 0 Å². The maximum atomic E-state index is 12.4. The maximum Gasteiger partial charge on any atom is 0.261 e. The fourth-order valence-electron chi connectivity index (χ4n) is 5.25. The maximum absolute atomic E-state index is 12.4. The van der Waals surface area contributed by atoms with Gasteiger partial charge in [0.2, 0.25) is 0 Å². The second-order valence-corrected chi connectivity index (χ2v) is 18.9. The molecule has 4 aliphatic rings. The third-order valence-corrected chi connectivity index (χ3v) is 15.4. The molecule has 0 aromatic heterocycles. The van der Waals surface area contributed by atoms with E-state index in [4.69, 9.17) is 24.4 Å².